The minimum absolute atomic E-state index is 0.187. The van der Waals surface area contributed by atoms with Crippen LogP contribution in [0.5, 0.6) is 0 Å². The van der Waals surface area contributed by atoms with E-state index in [-0.39, 0.29) is 18.8 Å². The van der Waals surface area contributed by atoms with Gasteiger partial charge in [-0.2, -0.15) is 0 Å². The molecule has 0 unspecified atom stereocenters. The third kappa shape index (κ3) is 6.95. The van der Waals surface area contributed by atoms with Gasteiger partial charge in [-0.25, -0.2) is 4.79 Å². The van der Waals surface area contributed by atoms with E-state index in [1.165, 1.54) is 6.92 Å². The van der Waals surface area contributed by atoms with Crippen molar-refractivity contribution in [2.24, 2.45) is 0 Å². The molecule has 0 N–H and O–H groups in total. The summed E-state index contributed by atoms with van der Waals surface area (Å²) in [6.07, 6.45) is -5.13. The van der Waals surface area contributed by atoms with Crippen LogP contribution in [-0.2, 0) is 57.1 Å². The lowest BCUT2D eigenvalue weighted by Crippen LogP contribution is -2.62. The summed E-state index contributed by atoms with van der Waals surface area (Å²) < 4.78 is 36.8. The van der Waals surface area contributed by atoms with E-state index < -0.39 is 60.6 Å². The Morgan fingerprint density at radius 3 is 2.00 bits per heavy atom. The van der Waals surface area contributed by atoms with Gasteiger partial charge in [-0.1, -0.05) is 0 Å². The van der Waals surface area contributed by atoms with Gasteiger partial charge in [0.15, 0.2) is 12.2 Å². The lowest BCUT2D eigenvalue weighted by atomic mass is 9.98. The molecule has 31 heavy (non-hydrogen) atoms. The highest BCUT2D eigenvalue weighted by molar-refractivity contribution is 5.89. The van der Waals surface area contributed by atoms with E-state index in [2.05, 4.69) is 0 Å². The average Bonchev–Trinajstić information content (AvgIpc) is 3.06. The van der Waals surface area contributed by atoms with Crippen molar-refractivity contribution in [1.29, 1.82) is 0 Å². The Labute approximate surface area is 177 Å². The summed E-state index contributed by atoms with van der Waals surface area (Å²) in [6, 6.07) is 0. The summed E-state index contributed by atoms with van der Waals surface area (Å²) in [7, 11) is 0. The van der Waals surface area contributed by atoms with Crippen molar-refractivity contribution < 1.29 is 57.1 Å². The molecule has 0 amide bonds. The zero-order chi connectivity index (χ0) is 23.1. The highest BCUT2D eigenvalue weighted by Gasteiger charge is 2.53. The second-order valence-corrected chi connectivity index (χ2v) is 6.73. The Balaban J connectivity index is 2.38. The fourth-order valence-corrected chi connectivity index (χ4v) is 3.00. The molecular weight excluding hydrogens is 420 g/mol. The van der Waals surface area contributed by atoms with Crippen molar-refractivity contribution in [3.63, 3.8) is 0 Å². The van der Waals surface area contributed by atoms with E-state index >= 15 is 0 Å². The van der Waals surface area contributed by atoms with Crippen molar-refractivity contribution in [3.8, 4) is 0 Å². The average molecular weight is 444 g/mol. The molecule has 12 heteroatoms. The maximum absolute atomic E-state index is 11.7. The van der Waals surface area contributed by atoms with Gasteiger partial charge in [0.25, 0.3) is 0 Å². The van der Waals surface area contributed by atoms with Gasteiger partial charge in [0.2, 0.25) is 12.4 Å². The van der Waals surface area contributed by atoms with E-state index in [1.807, 2.05) is 0 Å². The fourth-order valence-electron chi connectivity index (χ4n) is 3.00. The quantitative estimate of drug-likeness (QED) is 0.223. The topological polar surface area (TPSA) is 150 Å². The second-order valence-electron chi connectivity index (χ2n) is 6.73. The molecular formula is C19H24O12. The van der Waals surface area contributed by atoms with E-state index in [0.29, 0.717) is 6.42 Å². The summed E-state index contributed by atoms with van der Waals surface area (Å²) in [6.45, 7) is 4.31. The predicted octanol–water partition coefficient (Wildman–Crippen LogP) is -0.0831. The molecule has 2 saturated heterocycles. The minimum Gasteiger partial charge on any atom is -0.468 e. The molecule has 2 aliphatic heterocycles. The van der Waals surface area contributed by atoms with Crippen LogP contribution in [0.1, 0.15) is 34.1 Å². The first kappa shape index (κ1) is 24.1. The van der Waals surface area contributed by atoms with Crippen LogP contribution in [0.3, 0.4) is 0 Å². The Morgan fingerprint density at radius 1 is 0.903 bits per heavy atom. The van der Waals surface area contributed by atoms with Crippen molar-refractivity contribution in [2.75, 3.05) is 13.2 Å². The zero-order valence-electron chi connectivity index (χ0n) is 17.5. The van der Waals surface area contributed by atoms with Gasteiger partial charge in [0.1, 0.15) is 12.7 Å². The van der Waals surface area contributed by atoms with Crippen LogP contribution in [0.4, 0.5) is 0 Å². The van der Waals surface area contributed by atoms with Crippen molar-refractivity contribution in [2.45, 2.75) is 64.8 Å². The zero-order valence-corrected chi connectivity index (χ0v) is 17.5. The van der Waals surface area contributed by atoms with Crippen LogP contribution >= 0.6 is 0 Å². The molecule has 2 fully saturated rings. The summed E-state index contributed by atoms with van der Waals surface area (Å²) in [5, 5.41) is 0. The number of hydrogen-bond donors (Lipinski definition) is 0. The first-order valence-electron chi connectivity index (χ1n) is 9.40. The Kier molecular flexibility index (Phi) is 8.37. The second kappa shape index (κ2) is 10.8. The van der Waals surface area contributed by atoms with Crippen LogP contribution in [0.2, 0.25) is 0 Å². The molecule has 0 aromatic heterocycles. The molecule has 0 radical (unpaired) electrons. The maximum atomic E-state index is 11.7. The standard InChI is InChI=1S/C19H24O12/c1-9(20)26-8-14-15(28-10(2)21)16(29-11(3)22)17(30-12(4)23)19(31-14)27-7-13-5-6-25-18(13)24/h7,14-17,19H,5-6,8H2,1-4H3/b13-7+/t14-,15-,16+,17-,19-/m1/s1. The first-order chi connectivity index (χ1) is 14.6. The van der Waals surface area contributed by atoms with Gasteiger partial charge in [0, 0.05) is 34.1 Å². The first-order valence-corrected chi connectivity index (χ1v) is 9.40. The molecule has 2 heterocycles. The smallest absolute Gasteiger partial charge is 0.337 e. The van der Waals surface area contributed by atoms with E-state index in [0.717, 1.165) is 27.0 Å². The van der Waals surface area contributed by atoms with Crippen molar-refractivity contribution in [1.82, 2.24) is 0 Å². The van der Waals surface area contributed by atoms with E-state index in [4.69, 9.17) is 33.2 Å². The summed E-state index contributed by atoms with van der Waals surface area (Å²) in [5.74, 6) is -3.47. The van der Waals surface area contributed by atoms with Gasteiger partial charge >= 0.3 is 29.8 Å². The van der Waals surface area contributed by atoms with Gasteiger partial charge in [-0.15, -0.1) is 0 Å². The summed E-state index contributed by atoms with van der Waals surface area (Å²) >= 11 is 0. The number of cyclic esters (lactones) is 1. The van der Waals surface area contributed by atoms with Gasteiger partial charge in [0.05, 0.1) is 18.4 Å². The number of esters is 5. The summed E-state index contributed by atoms with van der Waals surface area (Å²) in [4.78, 5) is 58.0. The van der Waals surface area contributed by atoms with Crippen LogP contribution < -0.4 is 0 Å². The SMILES string of the molecule is CC(=O)OC[C@H]1O[C@@H](O/C=C2\CCOC2=O)[C@H](OC(C)=O)[C@@H](OC(C)=O)[C@@H]1OC(C)=O. The number of ether oxygens (including phenoxy) is 7. The number of rotatable bonds is 7. The number of carbonyl (C=O) groups excluding carboxylic acids is 5. The number of hydrogen-bond acceptors (Lipinski definition) is 12. The fraction of sp³-hybridized carbons (Fsp3) is 0.632. The molecule has 0 bridgehead atoms. The predicted molar refractivity (Wildman–Crippen MR) is 96.7 cm³/mol. The van der Waals surface area contributed by atoms with Gasteiger partial charge in [-0.05, 0) is 0 Å². The minimum atomic E-state index is -1.39. The third-order valence-corrected chi connectivity index (χ3v) is 4.16. The molecule has 0 saturated carbocycles. The normalized spacial score (nSPS) is 29.0. The van der Waals surface area contributed by atoms with E-state index in [1.54, 1.807) is 0 Å². The molecule has 0 spiro atoms. The van der Waals surface area contributed by atoms with Crippen LogP contribution in [0, 0.1) is 0 Å². The Morgan fingerprint density at radius 2 is 1.48 bits per heavy atom. The van der Waals surface area contributed by atoms with Crippen LogP contribution in [0.15, 0.2) is 11.8 Å². The van der Waals surface area contributed by atoms with Crippen molar-refractivity contribution >= 4 is 29.8 Å². The Hall–Kier alpha value is -3.15. The highest BCUT2D eigenvalue weighted by Crippen LogP contribution is 2.30. The third-order valence-electron chi connectivity index (χ3n) is 4.16. The van der Waals surface area contributed by atoms with E-state index in [9.17, 15) is 24.0 Å². The molecule has 5 atom stereocenters. The van der Waals surface area contributed by atoms with Crippen LogP contribution in [-0.4, -0.2) is 73.8 Å². The lowest BCUT2D eigenvalue weighted by Gasteiger charge is -2.43. The molecule has 172 valence electrons. The van der Waals surface area contributed by atoms with Gasteiger partial charge in [-0.3, -0.25) is 19.2 Å². The molecule has 12 nitrogen and oxygen atoms in total. The highest BCUT2D eigenvalue weighted by atomic mass is 16.7. The maximum Gasteiger partial charge on any atom is 0.337 e. The molecule has 0 aliphatic carbocycles. The monoisotopic (exact) mass is 444 g/mol. The van der Waals surface area contributed by atoms with Crippen LogP contribution in [0.25, 0.3) is 0 Å². The molecule has 0 aromatic rings. The van der Waals surface area contributed by atoms with Gasteiger partial charge < -0.3 is 33.2 Å². The molecule has 2 rings (SSSR count). The molecule has 2 aliphatic rings. The number of carbonyl (C=O) groups is 5. The largest absolute Gasteiger partial charge is 0.468 e. The Bertz CT molecular complexity index is 757. The van der Waals surface area contributed by atoms with Crippen molar-refractivity contribution in [3.05, 3.63) is 11.8 Å². The summed E-state index contributed by atoms with van der Waals surface area (Å²) in [5.41, 5.74) is 0.216. The molecule has 0 aromatic carbocycles. The lowest BCUT2D eigenvalue weighted by molar-refractivity contribution is -0.297.